The van der Waals surface area contributed by atoms with Gasteiger partial charge in [-0.05, 0) is 19.1 Å². The summed E-state index contributed by atoms with van der Waals surface area (Å²) in [5.41, 5.74) is 0. The fourth-order valence-corrected chi connectivity index (χ4v) is 3.62. The number of rotatable bonds is 6. The van der Waals surface area contributed by atoms with Crippen molar-refractivity contribution in [2.45, 2.75) is 13.0 Å². The van der Waals surface area contributed by atoms with Crippen LogP contribution in [-0.4, -0.2) is 28.6 Å². The Hall–Kier alpha value is -2.78. The predicted molar refractivity (Wildman–Crippen MR) is 98.0 cm³/mol. The summed E-state index contributed by atoms with van der Waals surface area (Å²) < 4.78 is 5.58. The smallest absolute Gasteiger partial charge is 0.262 e. The van der Waals surface area contributed by atoms with E-state index in [0.717, 1.165) is 22.7 Å². The molecular weight excluding hydrogens is 376 g/mol. The van der Waals surface area contributed by atoms with Crippen molar-refractivity contribution in [3.63, 3.8) is 0 Å². The van der Waals surface area contributed by atoms with Crippen molar-refractivity contribution >= 4 is 34.5 Å². The number of carbonyl (C=O) groups is 2. The van der Waals surface area contributed by atoms with Crippen LogP contribution in [0.3, 0.4) is 0 Å². The maximum atomic E-state index is 12.4. The van der Waals surface area contributed by atoms with Crippen LogP contribution in [0, 0.1) is 6.92 Å². The molecule has 0 aliphatic heterocycles. The van der Waals surface area contributed by atoms with Gasteiger partial charge in [0.2, 0.25) is 0 Å². The maximum absolute atomic E-state index is 12.4. The molecule has 0 saturated heterocycles. The van der Waals surface area contributed by atoms with Crippen LogP contribution in [0.15, 0.2) is 39.4 Å². The fraction of sp³-hybridized carbons (Fsp3) is 0.176. The van der Waals surface area contributed by atoms with Gasteiger partial charge >= 0.3 is 0 Å². The molecule has 0 bridgehead atoms. The Morgan fingerprint density at radius 2 is 1.69 bits per heavy atom. The monoisotopic (exact) mass is 392 g/mol. The molecule has 1 unspecified atom stereocenters. The SMILES string of the molecule is Cc1ccc(C(CNC(=O)c2cc(O)cs2)NC(=O)c2cc(O)cs2)o1. The Morgan fingerprint density at radius 3 is 2.19 bits per heavy atom. The molecule has 0 spiro atoms. The number of carbonyl (C=O) groups excluding carboxylic acids is 2. The summed E-state index contributed by atoms with van der Waals surface area (Å²) in [5, 5.41) is 27.2. The molecule has 0 aliphatic carbocycles. The number of nitrogens with one attached hydrogen (secondary N) is 2. The largest absolute Gasteiger partial charge is 0.507 e. The molecule has 7 nitrogen and oxygen atoms in total. The number of amides is 2. The number of furan rings is 1. The van der Waals surface area contributed by atoms with Gasteiger partial charge in [0, 0.05) is 29.4 Å². The van der Waals surface area contributed by atoms with E-state index in [9.17, 15) is 19.8 Å². The first-order chi connectivity index (χ1) is 12.4. The topological polar surface area (TPSA) is 112 Å². The van der Waals surface area contributed by atoms with Crippen molar-refractivity contribution in [2.75, 3.05) is 6.54 Å². The van der Waals surface area contributed by atoms with E-state index in [-0.39, 0.29) is 29.9 Å². The summed E-state index contributed by atoms with van der Waals surface area (Å²) in [6.07, 6.45) is 0. The highest BCUT2D eigenvalue weighted by Crippen LogP contribution is 2.23. The maximum Gasteiger partial charge on any atom is 0.262 e. The van der Waals surface area contributed by atoms with Gasteiger partial charge in [0.25, 0.3) is 11.8 Å². The summed E-state index contributed by atoms with van der Waals surface area (Å²) in [6.45, 7) is 1.89. The molecule has 0 fully saturated rings. The van der Waals surface area contributed by atoms with Gasteiger partial charge < -0.3 is 25.3 Å². The van der Waals surface area contributed by atoms with E-state index in [1.165, 1.54) is 22.9 Å². The number of hydrogen-bond acceptors (Lipinski definition) is 7. The Labute approximate surface area is 156 Å². The van der Waals surface area contributed by atoms with Gasteiger partial charge in [0.05, 0.1) is 9.75 Å². The first kappa shape index (κ1) is 18.0. The molecule has 0 aliphatic rings. The van der Waals surface area contributed by atoms with Crippen molar-refractivity contribution in [3.8, 4) is 11.5 Å². The lowest BCUT2D eigenvalue weighted by atomic mass is 10.2. The molecule has 0 saturated carbocycles. The predicted octanol–water partition coefficient (Wildman–Crippen LogP) is 3.02. The summed E-state index contributed by atoms with van der Waals surface area (Å²) in [7, 11) is 0. The third-order valence-electron chi connectivity index (χ3n) is 3.50. The van der Waals surface area contributed by atoms with Gasteiger partial charge in [-0.3, -0.25) is 9.59 Å². The van der Waals surface area contributed by atoms with Crippen LogP contribution >= 0.6 is 22.7 Å². The van der Waals surface area contributed by atoms with E-state index in [0.29, 0.717) is 21.3 Å². The van der Waals surface area contributed by atoms with Crippen LogP contribution in [0.1, 0.15) is 36.9 Å². The third-order valence-corrected chi connectivity index (χ3v) is 5.33. The summed E-state index contributed by atoms with van der Waals surface area (Å²) >= 11 is 2.24. The minimum Gasteiger partial charge on any atom is -0.507 e. The Kier molecular flexibility index (Phi) is 5.29. The van der Waals surface area contributed by atoms with Gasteiger partial charge in [0.15, 0.2) is 0 Å². The molecule has 0 radical (unpaired) electrons. The molecule has 3 aromatic rings. The van der Waals surface area contributed by atoms with Gasteiger partial charge in [-0.25, -0.2) is 0 Å². The summed E-state index contributed by atoms with van der Waals surface area (Å²) in [6, 6.07) is 5.66. The highest BCUT2D eigenvalue weighted by molar-refractivity contribution is 7.12. The number of hydrogen-bond donors (Lipinski definition) is 4. The van der Waals surface area contributed by atoms with E-state index < -0.39 is 6.04 Å². The van der Waals surface area contributed by atoms with Gasteiger partial charge in [-0.1, -0.05) is 0 Å². The molecule has 4 N–H and O–H groups in total. The van der Waals surface area contributed by atoms with E-state index in [1.807, 2.05) is 0 Å². The van der Waals surface area contributed by atoms with Gasteiger partial charge in [-0.15, -0.1) is 22.7 Å². The second kappa shape index (κ2) is 7.63. The zero-order chi connectivity index (χ0) is 18.7. The van der Waals surface area contributed by atoms with Crippen molar-refractivity contribution in [1.82, 2.24) is 10.6 Å². The van der Waals surface area contributed by atoms with E-state index in [4.69, 9.17) is 4.42 Å². The Morgan fingerprint density at radius 1 is 1.08 bits per heavy atom. The molecule has 1 atom stereocenters. The summed E-state index contributed by atoms with van der Waals surface area (Å²) in [4.78, 5) is 25.3. The summed E-state index contributed by atoms with van der Waals surface area (Å²) in [5.74, 6) is 0.512. The van der Waals surface area contributed by atoms with Gasteiger partial charge in [0.1, 0.15) is 29.1 Å². The van der Waals surface area contributed by atoms with Crippen molar-refractivity contribution < 1.29 is 24.2 Å². The van der Waals surface area contributed by atoms with E-state index in [1.54, 1.807) is 19.1 Å². The van der Waals surface area contributed by atoms with Crippen LogP contribution in [0.4, 0.5) is 0 Å². The molecule has 3 heterocycles. The third kappa shape index (κ3) is 4.24. The molecular formula is C17H16N2O5S2. The second-order valence-electron chi connectivity index (χ2n) is 5.52. The molecule has 0 aromatic carbocycles. The highest BCUT2D eigenvalue weighted by atomic mass is 32.1. The van der Waals surface area contributed by atoms with Crippen LogP contribution in [0.2, 0.25) is 0 Å². The number of aryl methyl sites for hydroxylation is 1. The van der Waals surface area contributed by atoms with Crippen LogP contribution < -0.4 is 10.6 Å². The first-order valence-electron chi connectivity index (χ1n) is 7.63. The van der Waals surface area contributed by atoms with Crippen molar-refractivity contribution in [1.29, 1.82) is 0 Å². The van der Waals surface area contributed by atoms with E-state index in [2.05, 4.69) is 10.6 Å². The Bertz CT molecular complexity index is 927. The van der Waals surface area contributed by atoms with E-state index >= 15 is 0 Å². The minimum absolute atomic E-state index is 0.0244. The van der Waals surface area contributed by atoms with Crippen LogP contribution in [0.25, 0.3) is 0 Å². The van der Waals surface area contributed by atoms with Crippen molar-refractivity contribution in [2.24, 2.45) is 0 Å². The zero-order valence-corrected chi connectivity index (χ0v) is 15.3. The molecule has 9 heteroatoms. The molecule has 2 amide bonds. The standard InChI is InChI=1S/C17H16N2O5S2/c1-9-2-3-13(24-9)12(19-17(23)15-5-11(21)8-26-15)6-18-16(22)14-4-10(20)7-25-14/h2-5,7-8,12,20-21H,6H2,1H3,(H,18,22)(H,19,23). The first-order valence-corrected chi connectivity index (χ1v) is 9.38. The average molecular weight is 392 g/mol. The fourth-order valence-electron chi connectivity index (χ4n) is 2.27. The van der Waals surface area contributed by atoms with Crippen LogP contribution in [0.5, 0.6) is 11.5 Å². The van der Waals surface area contributed by atoms with Crippen molar-refractivity contribution in [3.05, 3.63) is 56.3 Å². The normalized spacial score (nSPS) is 11.9. The lowest BCUT2D eigenvalue weighted by Gasteiger charge is -2.17. The molecule has 3 rings (SSSR count). The molecule has 136 valence electrons. The quantitative estimate of drug-likeness (QED) is 0.515. The number of thiophene rings is 2. The minimum atomic E-state index is -0.585. The van der Waals surface area contributed by atoms with Gasteiger partial charge in [-0.2, -0.15) is 0 Å². The van der Waals surface area contributed by atoms with Crippen LogP contribution in [-0.2, 0) is 0 Å². The average Bonchev–Trinajstić information content (AvgIpc) is 3.32. The lowest BCUT2D eigenvalue weighted by molar-refractivity contribution is 0.0907. The molecule has 26 heavy (non-hydrogen) atoms. The zero-order valence-electron chi connectivity index (χ0n) is 13.7. The number of aromatic hydroxyl groups is 2. The molecule has 3 aromatic heterocycles. The second-order valence-corrected chi connectivity index (χ2v) is 7.35. The Balaban J connectivity index is 1.71. The lowest BCUT2D eigenvalue weighted by Crippen LogP contribution is -2.37. The highest BCUT2D eigenvalue weighted by Gasteiger charge is 2.21.